The van der Waals surface area contributed by atoms with E-state index in [0.717, 1.165) is 12.8 Å². The van der Waals surface area contributed by atoms with Crippen LogP contribution in [0, 0.1) is 0 Å². The number of halogens is 2. The third-order valence-corrected chi connectivity index (χ3v) is 4.88. The van der Waals surface area contributed by atoms with E-state index in [1.165, 1.54) is 0 Å². The van der Waals surface area contributed by atoms with Gasteiger partial charge in [-0.2, -0.15) is 0 Å². The molecule has 2 aromatic carbocycles. The Labute approximate surface area is 178 Å². The van der Waals surface area contributed by atoms with E-state index in [9.17, 15) is 9.59 Å². The lowest BCUT2D eigenvalue weighted by Crippen LogP contribution is -2.11. The van der Waals surface area contributed by atoms with Crippen molar-refractivity contribution in [3.05, 3.63) is 76.0 Å². The Balaban J connectivity index is 1.64. The van der Waals surface area contributed by atoms with Crippen molar-refractivity contribution in [1.29, 1.82) is 0 Å². The molecular weight excluding hydrogens is 413 g/mol. The molecule has 0 bridgehead atoms. The molecule has 0 spiro atoms. The number of hydrogen-bond acceptors (Lipinski definition) is 4. The molecule has 1 N–H and O–H groups in total. The second-order valence-corrected chi connectivity index (χ2v) is 7.13. The molecule has 0 fully saturated rings. The second kappa shape index (κ2) is 9.63. The van der Waals surface area contributed by atoms with E-state index in [1.54, 1.807) is 54.6 Å². The highest BCUT2D eigenvalue weighted by Crippen LogP contribution is 2.29. The number of unbranched alkanes of at least 4 members (excludes halogenated alkanes) is 1. The van der Waals surface area contributed by atoms with Crippen molar-refractivity contribution in [3.63, 3.8) is 0 Å². The first kappa shape index (κ1) is 21.0. The maximum atomic E-state index is 12.4. The fourth-order valence-corrected chi connectivity index (χ4v) is 2.84. The first-order valence-electron chi connectivity index (χ1n) is 9.11. The first-order chi connectivity index (χ1) is 14.0. The minimum atomic E-state index is -0.408. The number of ether oxygens (including phenoxy) is 1. The highest BCUT2D eigenvalue weighted by Gasteiger charge is 2.14. The van der Waals surface area contributed by atoms with Gasteiger partial charge < -0.3 is 14.5 Å². The Kier molecular flexibility index (Phi) is 6.96. The maximum Gasteiger partial charge on any atom is 0.338 e. The van der Waals surface area contributed by atoms with Crippen LogP contribution in [-0.2, 0) is 4.74 Å². The summed E-state index contributed by atoms with van der Waals surface area (Å²) >= 11 is 11.9. The van der Waals surface area contributed by atoms with Crippen LogP contribution in [0.1, 0.15) is 40.7 Å². The van der Waals surface area contributed by atoms with E-state index < -0.39 is 5.91 Å². The van der Waals surface area contributed by atoms with Crippen molar-refractivity contribution >= 4 is 40.8 Å². The van der Waals surface area contributed by atoms with Gasteiger partial charge in [0.15, 0.2) is 5.76 Å². The van der Waals surface area contributed by atoms with Crippen LogP contribution in [0.2, 0.25) is 10.0 Å². The molecule has 0 saturated heterocycles. The first-order valence-corrected chi connectivity index (χ1v) is 9.87. The Hall–Kier alpha value is -2.76. The van der Waals surface area contributed by atoms with Crippen LogP contribution in [0.3, 0.4) is 0 Å². The number of carbonyl (C=O) groups is 2. The summed E-state index contributed by atoms with van der Waals surface area (Å²) in [5, 5.41) is 3.57. The molecule has 7 heteroatoms. The molecule has 0 aliphatic carbocycles. The van der Waals surface area contributed by atoms with Gasteiger partial charge in [-0.05, 0) is 61.0 Å². The SMILES string of the molecule is CCCCOC(=O)c1ccc(NC(=O)c2ccc(-c3ccc(Cl)c(Cl)c3)o2)cc1. The standard InChI is InChI=1S/C22H19Cl2NO4/c1-2-3-12-28-22(27)14-4-7-16(8-5-14)25-21(26)20-11-10-19(29-20)15-6-9-17(23)18(24)13-15/h4-11,13H,2-3,12H2,1H3,(H,25,26). The number of furan rings is 1. The Morgan fingerprint density at radius 3 is 2.45 bits per heavy atom. The molecule has 0 saturated carbocycles. The lowest BCUT2D eigenvalue weighted by Gasteiger charge is -2.06. The van der Waals surface area contributed by atoms with Crippen molar-refractivity contribution in [1.82, 2.24) is 0 Å². The summed E-state index contributed by atoms with van der Waals surface area (Å²) in [5.41, 5.74) is 1.68. The van der Waals surface area contributed by atoms with Gasteiger partial charge in [0, 0.05) is 11.3 Å². The minimum Gasteiger partial charge on any atom is -0.462 e. The fourth-order valence-electron chi connectivity index (χ4n) is 2.54. The average Bonchev–Trinajstić information content (AvgIpc) is 3.21. The number of benzene rings is 2. The molecule has 29 heavy (non-hydrogen) atoms. The minimum absolute atomic E-state index is 0.147. The summed E-state index contributed by atoms with van der Waals surface area (Å²) in [5.74, 6) is -0.142. The highest BCUT2D eigenvalue weighted by molar-refractivity contribution is 6.42. The summed E-state index contributed by atoms with van der Waals surface area (Å²) in [6, 6.07) is 14.8. The van der Waals surface area contributed by atoms with Crippen LogP contribution >= 0.6 is 23.2 Å². The van der Waals surface area contributed by atoms with Crippen LogP contribution in [0.5, 0.6) is 0 Å². The maximum absolute atomic E-state index is 12.4. The van der Waals surface area contributed by atoms with Crippen LogP contribution in [0.4, 0.5) is 5.69 Å². The van der Waals surface area contributed by atoms with E-state index >= 15 is 0 Å². The summed E-state index contributed by atoms with van der Waals surface area (Å²) in [4.78, 5) is 24.3. The number of rotatable bonds is 7. The number of carbonyl (C=O) groups excluding carboxylic acids is 2. The Morgan fingerprint density at radius 2 is 1.76 bits per heavy atom. The Morgan fingerprint density at radius 1 is 1.00 bits per heavy atom. The second-order valence-electron chi connectivity index (χ2n) is 6.31. The summed E-state index contributed by atoms with van der Waals surface area (Å²) < 4.78 is 10.8. The number of anilines is 1. The lowest BCUT2D eigenvalue weighted by molar-refractivity contribution is 0.0499. The van der Waals surface area contributed by atoms with Crippen LogP contribution in [-0.4, -0.2) is 18.5 Å². The Bertz CT molecular complexity index is 1010. The summed E-state index contributed by atoms with van der Waals surface area (Å²) in [6.45, 7) is 2.42. The molecule has 0 unspecified atom stereocenters. The van der Waals surface area contributed by atoms with Crippen molar-refractivity contribution in [2.24, 2.45) is 0 Å². The van der Waals surface area contributed by atoms with Gasteiger partial charge >= 0.3 is 5.97 Å². The van der Waals surface area contributed by atoms with Gasteiger partial charge in [-0.15, -0.1) is 0 Å². The smallest absolute Gasteiger partial charge is 0.338 e. The van der Waals surface area contributed by atoms with Gasteiger partial charge in [0.2, 0.25) is 0 Å². The van der Waals surface area contributed by atoms with Gasteiger partial charge in [0.1, 0.15) is 5.76 Å². The van der Waals surface area contributed by atoms with E-state index in [4.69, 9.17) is 32.4 Å². The topological polar surface area (TPSA) is 68.5 Å². The monoisotopic (exact) mass is 431 g/mol. The van der Waals surface area contributed by atoms with E-state index in [-0.39, 0.29) is 11.7 Å². The predicted molar refractivity (Wildman–Crippen MR) is 114 cm³/mol. The molecule has 150 valence electrons. The number of amides is 1. The predicted octanol–water partition coefficient (Wildman–Crippen LogP) is 6.46. The molecule has 3 aromatic rings. The zero-order valence-corrected chi connectivity index (χ0v) is 17.2. The van der Waals surface area contributed by atoms with Crippen molar-refractivity contribution in [2.75, 3.05) is 11.9 Å². The van der Waals surface area contributed by atoms with Gasteiger partial charge in [-0.25, -0.2) is 4.79 Å². The van der Waals surface area contributed by atoms with Crippen LogP contribution in [0.25, 0.3) is 11.3 Å². The van der Waals surface area contributed by atoms with Crippen LogP contribution < -0.4 is 5.32 Å². The van der Waals surface area contributed by atoms with Gasteiger partial charge in [-0.3, -0.25) is 4.79 Å². The zero-order chi connectivity index (χ0) is 20.8. The zero-order valence-electron chi connectivity index (χ0n) is 15.7. The summed E-state index contributed by atoms with van der Waals surface area (Å²) in [7, 11) is 0. The molecule has 1 aromatic heterocycles. The van der Waals surface area contributed by atoms with Gasteiger partial charge in [-0.1, -0.05) is 36.5 Å². The highest BCUT2D eigenvalue weighted by atomic mass is 35.5. The number of esters is 1. The van der Waals surface area contributed by atoms with E-state index in [2.05, 4.69) is 5.32 Å². The van der Waals surface area contributed by atoms with Crippen molar-refractivity contribution in [3.8, 4) is 11.3 Å². The number of hydrogen-bond donors (Lipinski definition) is 1. The van der Waals surface area contributed by atoms with Gasteiger partial charge in [0.25, 0.3) is 5.91 Å². The normalized spacial score (nSPS) is 10.6. The van der Waals surface area contributed by atoms with E-state index in [0.29, 0.717) is 39.2 Å². The average molecular weight is 432 g/mol. The lowest BCUT2D eigenvalue weighted by atomic mass is 10.2. The molecule has 0 aliphatic rings. The molecule has 1 heterocycles. The third kappa shape index (κ3) is 5.40. The third-order valence-electron chi connectivity index (χ3n) is 4.14. The largest absolute Gasteiger partial charge is 0.462 e. The quantitative estimate of drug-likeness (QED) is 0.344. The van der Waals surface area contributed by atoms with E-state index in [1.807, 2.05) is 6.92 Å². The van der Waals surface area contributed by atoms with Crippen molar-refractivity contribution in [2.45, 2.75) is 19.8 Å². The van der Waals surface area contributed by atoms with Crippen LogP contribution in [0.15, 0.2) is 59.0 Å². The molecule has 0 radical (unpaired) electrons. The molecule has 0 aliphatic heterocycles. The fraction of sp³-hybridized carbons (Fsp3) is 0.182. The molecule has 0 atom stereocenters. The molecular formula is C22H19Cl2NO4. The summed E-state index contributed by atoms with van der Waals surface area (Å²) in [6.07, 6.45) is 1.78. The number of nitrogens with one attached hydrogen (secondary N) is 1. The molecule has 3 rings (SSSR count). The van der Waals surface area contributed by atoms with Gasteiger partial charge in [0.05, 0.1) is 22.2 Å². The molecule has 5 nitrogen and oxygen atoms in total. The van der Waals surface area contributed by atoms with Crippen molar-refractivity contribution < 1.29 is 18.7 Å². The molecule has 1 amide bonds.